The van der Waals surface area contributed by atoms with Crippen LogP contribution >= 0.6 is 22.7 Å². The Morgan fingerprint density at radius 3 is 2.62 bits per heavy atom. The first-order valence-electron chi connectivity index (χ1n) is 8.60. The van der Waals surface area contributed by atoms with E-state index in [1.54, 1.807) is 22.7 Å². The van der Waals surface area contributed by atoms with Gasteiger partial charge in [0.1, 0.15) is 10.0 Å². The molecule has 136 valence electrons. The summed E-state index contributed by atoms with van der Waals surface area (Å²) in [5.41, 5.74) is 3.23. The first kappa shape index (κ1) is 18.5. The van der Waals surface area contributed by atoms with Crippen molar-refractivity contribution in [3.63, 3.8) is 0 Å². The summed E-state index contributed by atoms with van der Waals surface area (Å²) in [6, 6.07) is 10.2. The second-order valence-electron chi connectivity index (χ2n) is 5.81. The number of benzene rings is 1. The molecule has 7 heteroatoms. The predicted molar refractivity (Wildman–Crippen MR) is 111 cm³/mol. The van der Waals surface area contributed by atoms with Crippen molar-refractivity contribution in [2.24, 2.45) is 4.99 Å². The molecule has 0 aliphatic heterocycles. The van der Waals surface area contributed by atoms with Crippen molar-refractivity contribution in [1.82, 2.24) is 20.6 Å². The zero-order valence-corrected chi connectivity index (χ0v) is 16.9. The van der Waals surface area contributed by atoms with Gasteiger partial charge in [0.05, 0.1) is 24.5 Å². The quantitative estimate of drug-likeness (QED) is 0.494. The minimum Gasteiger partial charge on any atom is -0.357 e. The van der Waals surface area contributed by atoms with Crippen LogP contribution in [0.4, 0.5) is 0 Å². The van der Waals surface area contributed by atoms with Crippen LogP contribution in [0.2, 0.25) is 0 Å². The number of hydrogen-bond acceptors (Lipinski definition) is 5. The van der Waals surface area contributed by atoms with E-state index in [1.807, 2.05) is 25.1 Å². The lowest BCUT2D eigenvalue weighted by Crippen LogP contribution is -2.36. The van der Waals surface area contributed by atoms with Crippen molar-refractivity contribution in [2.75, 3.05) is 6.54 Å². The number of nitrogens with zero attached hydrogens (tertiary/aromatic N) is 3. The van der Waals surface area contributed by atoms with Gasteiger partial charge in [-0.25, -0.2) is 15.0 Å². The van der Waals surface area contributed by atoms with E-state index in [4.69, 9.17) is 4.98 Å². The standard InChI is InChI=1S/C19H23N5S2/c1-4-20-19(22-11-17-23-13(2)14(3)26-17)21-10-16-12-25-18(24-16)15-8-6-5-7-9-15/h5-9,12H,4,10-11H2,1-3H3,(H2,20,21,22). The van der Waals surface area contributed by atoms with Crippen LogP contribution in [0.5, 0.6) is 0 Å². The number of hydrogen-bond donors (Lipinski definition) is 2. The Bertz CT molecular complexity index is 848. The highest BCUT2D eigenvalue weighted by atomic mass is 32.1. The number of thiazole rings is 2. The molecule has 5 nitrogen and oxygen atoms in total. The van der Waals surface area contributed by atoms with E-state index in [1.165, 1.54) is 4.88 Å². The molecule has 2 heterocycles. The van der Waals surface area contributed by atoms with Crippen LogP contribution in [0.25, 0.3) is 10.6 Å². The molecule has 3 rings (SSSR count). The minimum absolute atomic E-state index is 0.550. The maximum Gasteiger partial charge on any atom is 0.191 e. The molecule has 0 saturated heterocycles. The summed E-state index contributed by atoms with van der Waals surface area (Å²) in [5.74, 6) is 0.785. The van der Waals surface area contributed by atoms with Gasteiger partial charge in [-0.15, -0.1) is 22.7 Å². The van der Waals surface area contributed by atoms with Gasteiger partial charge in [0.2, 0.25) is 0 Å². The molecule has 1 aromatic carbocycles. The number of aromatic nitrogens is 2. The molecule has 0 aliphatic rings. The van der Waals surface area contributed by atoms with Crippen LogP contribution in [-0.2, 0) is 13.1 Å². The predicted octanol–water partition coefficient (Wildman–Crippen LogP) is 4.14. The van der Waals surface area contributed by atoms with Gasteiger partial charge >= 0.3 is 0 Å². The molecule has 2 N–H and O–H groups in total. The molecule has 0 atom stereocenters. The van der Waals surface area contributed by atoms with Crippen LogP contribution in [-0.4, -0.2) is 22.5 Å². The maximum atomic E-state index is 4.69. The Balaban J connectivity index is 1.63. The summed E-state index contributed by atoms with van der Waals surface area (Å²) in [4.78, 5) is 15.2. The molecule has 0 saturated carbocycles. The number of rotatable bonds is 6. The van der Waals surface area contributed by atoms with Gasteiger partial charge in [0, 0.05) is 22.4 Å². The number of aryl methyl sites for hydroxylation is 2. The maximum absolute atomic E-state index is 4.69. The van der Waals surface area contributed by atoms with Crippen molar-refractivity contribution < 1.29 is 0 Å². The normalized spacial score (nSPS) is 11.6. The SMILES string of the molecule is CCNC(=NCc1csc(-c2ccccc2)n1)NCc1nc(C)c(C)s1. The molecule has 0 fully saturated rings. The summed E-state index contributed by atoms with van der Waals surface area (Å²) in [5, 5.41) is 10.8. The van der Waals surface area contributed by atoms with Crippen LogP contribution in [0.3, 0.4) is 0 Å². The van der Waals surface area contributed by atoms with Crippen molar-refractivity contribution in [1.29, 1.82) is 0 Å². The molecule has 0 unspecified atom stereocenters. The zero-order valence-electron chi connectivity index (χ0n) is 15.2. The van der Waals surface area contributed by atoms with Crippen LogP contribution in [0, 0.1) is 13.8 Å². The second kappa shape index (κ2) is 8.91. The van der Waals surface area contributed by atoms with Crippen LogP contribution in [0.15, 0.2) is 40.7 Å². The molecule has 0 bridgehead atoms. The van der Waals surface area contributed by atoms with Gasteiger partial charge in [0.25, 0.3) is 0 Å². The lowest BCUT2D eigenvalue weighted by molar-refractivity contribution is 0.807. The topological polar surface area (TPSA) is 62.2 Å². The highest BCUT2D eigenvalue weighted by molar-refractivity contribution is 7.13. The molecule has 26 heavy (non-hydrogen) atoms. The zero-order chi connectivity index (χ0) is 18.4. The Labute approximate surface area is 162 Å². The monoisotopic (exact) mass is 385 g/mol. The lowest BCUT2D eigenvalue weighted by atomic mass is 10.2. The molecule has 0 aliphatic carbocycles. The number of nitrogens with one attached hydrogen (secondary N) is 2. The van der Waals surface area contributed by atoms with Crippen molar-refractivity contribution in [2.45, 2.75) is 33.9 Å². The van der Waals surface area contributed by atoms with E-state index >= 15 is 0 Å². The van der Waals surface area contributed by atoms with E-state index in [0.717, 1.165) is 39.5 Å². The fourth-order valence-electron chi connectivity index (χ4n) is 2.37. The Morgan fingerprint density at radius 1 is 1.12 bits per heavy atom. The molecule has 0 amide bonds. The first-order chi connectivity index (χ1) is 12.7. The average molecular weight is 386 g/mol. The fourth-order valence-corrected chi connectivity index (χ4v) is 4.06. The van der Waals surface area contributed by atoms with Crippen molar-refractivity contribution in [3.05, 3.63) is 57.0 Å². The highest BCUT2D eigenvalue weighted by Gasteiger charge is 2.06. The Hall–Kier alpha value is -2.25. The van der Waals surface area contributed by atoms with Crippen molar-refractivity contribution >= 4 is 28.6 Å². The summed E-state index contributed by atoms with van der Waals surface area (Å²) >= 11 is 3.38. The molecule has 0 spiro atoms. The highest BCUT2D eigenvalue weighted by Crippen LogP contribution is 2.23. The van der Waals surface area contributed by atoms with Gasteiger partial charge in [-0.3, -0.25) is 0 Å². The Kier molecular flexibility index (Phi) is 6.35. The van der Waals surface area contributed by atoms with Crippen LogP contribution in [0.1, 0.15) is 28.2 Å². The van der Waals surface area contributed by atoms with E-state index < -0.39 is 0 Å². The van der Waals surface area contributed by atoms with Gasteiger partial charge < -0.3 is 10.6 Å². The summed E-state index contributed by atoms with van der Waals surface area (Å²) in [6.45, 7) is 8.25. The largest absolute Gasteiger partial charge is 0.357 e. The third-order valence-electron chi connectivity index (χ3n) is 3.80. The molecular weight excluding hydrogens is 362 g/mol. The first-order valence-corrected chi connectivity index (χ1v) is 10.3. The Morgan fingerprint density at radius 2 is 1.92 bits per heavy atom. The lowest BCUT2D eigenvalue weighted by Gasteiger charge is -2.09. The van der Waals surface area contributed by atoms with E-state index in [0.29, 0.717) is 13.1 Å². The second-order valence-corrected chi connectivity index (χ2v) is 7.95. The fraction of sp³-hybridized carbons (Fsp3) is 0.316. The van der Waals surface area contributed by atoms with Gasteiger partial charge in [0.15, 0.2) is 5.96 Å². The average Bonchev–Trinajstić information content (AvgIpc) is 3.25. The van der Waals surface area contributed by atoms with Crippen LogP contribution < -0.4 is 10.6 Å². The van der Waals surface area contributed by atoms with Gasteiger partial charge in [-0.05, 0) is 20.8 Å². The molecular formula is C19H23N5S2. The van der Waals surface area contributed by atoms with Gasteiger partial charge in [-0.1, -0.05) is 30.3 Å². The number of aliphatic imine (C=N–C) groups is 1. The number of guanidine groups is 1. The third-order valence-corrected chi connectivity index (χ3v) is 5.81. The minimum atomic E-state index is 0.550. The van der Waals surface area contributed by atoms with E-state index in [9.17, 15) is 0 Å². The smallest absolute Gasteiger partial charge is 0.191 e. The summed E-state index contributed by atoms with van der Waals surface area (Å²) in [7, 11) is 0. The van der Waals surface area contributed by atoms with E-state index in [2.05, 4.69) is 52.0 Å². The summed E-state index contributed by atoms with van der Waals surface area (Å²) < 4.78 is 0. The molecule has 2 aromatic heterocycles. The summed E-state index contributed by atoms with van der Waals surface area (Å²) in [6.07, 6.45) is 0. The third kappa shape index (κ3) is 4.89. The van der Waals surface area contributed by atoms with Gasteiger partial charge in [-0.2, -0.15) is 0 Å². The molecule has 3 aromatic rings. The van der Waals surface area contributed by atoms with Crippen molar-refractivity contribution in [3.8, 4) is 10.6 Å². The van der Waals surface area contributed by atoms with E-state index in [-0.39, 0.29) is 0 Å². The molecule has 0 radical (unpaired) electrons.